The van der Waals surface area contributed by atoms with Crippen LogP contribution in [0.3, 0.4) is 0 Å². The van der Waals surface area contributed by atoms with Gasteiger partial charge in [-0.05, 0) is 57.5 Å². The van der Waals surface area contributed by atoms with Gasteiger partial charge in [0, 0.05) is 11.1 Å². The highest BCUT2D eigenvalue weighted by molar-refractivity contribution is 6.35. The molecular formula is C24H19N3O4. The minimum atomic E-state index is -0.543. The summed E-state index contributed by atoms with van der Waals surface area (Å²) in [5, 5.41) is 11.9. The summed E-state index contributed by atoms with van der Waals surface area (Å²) in [4.78, 5) is 39.8. The van der Waals surface area contributed by atoms with Crippen molar-refractivity contribution in [2.75, 3.05) is 10.2 Å². The van der Waals surface area contributed by atoms with Crippen molar-refractivity contribution in [2.45, 2.75) is 27.7 Å². The first kappa shape index (κ1) is 20.1. The Labute approximate surface area is 178 Å². The van der Waals surface area contributed by atoms with Crippen LogP contribution in [0.5, 0.6) is 0 Å². The van der Waals surface area contributed by atoms with Crippen molar-refractivity contribution < 1.29 is 18.8 Å². The molecule has 0 aliphatic carbocycles. The van der Waals surface area contributed by atoms with E-state index < -0.39 is 17.7 Å². The fraction of sp³-hybridized carbons (Fsp3) is 0.167. The fourth-order valence-electron chi connectivity index (χ4n) is 3.68. The number of carbonyl (C=O) groups is 3. The number of furan rings is 1. The molecule has 7 nitrogen and oxygen atoms in total. The fourth-order valence-corrected chi connectivity index (χ4v) is 3.68. The zero-order valence-electron chi connectivity index (χ0n) is 17.5. The summed E-state index contributed by atoms with van der Waals surface area (Å²) in [6, 6.07) is 11.8. The van der Waals surface area contributed by atoms with Crippen LogP contribution >= 0.6 is 0 Å². The Hall–Kier alpha value is -4.18. The Kier molecular flexibility index (Phi) is 4.71. The summed E-state index contributed by atoms with van der Waals surface area (Å²) in [6.07, 6.45) is 0. The molecular weight excluding hydrogens is 394 g/mol. The minimum absolute atomic E-state index is 0.0577. The van der Waals surface area contributed by atoms with Crippen molar-refractivity contribution in [3.8, 4) is 6.07 Å². The van der Waals surface area contributed by atoms with Gasteiger partial charge in [-0.15, -0.1) is 0 Å². The molecule has 0 fully saturated rings. The first-order chi connectivity index (χ1) is 14.7. The molecule has 0 radical (unpaired) electrons. The van der Waals surface area contributed by atoms with Crippen LogP contribution in [0, 0.1) is 39.0 Å². The molecule has 0 unspecified atom stereocenters. The molecule has 1 N–H and O–H groups in total. The smallest absolute Gasteiger partial charge is 0.266 e. The van der Waals surface area contributed by atoms with Gasteiger partial charge < -0.3 is 4.42 Å². The second kappa shape index (κ2) is 7.26. The van der Waals surface area contributed by atoms with Gasteiger partial charge in [-0.25, -0.2) is 4.90 Å². The second-order valence-corrected chi connectivity index (χ2v) is 7.55. The topological polar surface area (TPSA) is 103 Å². The Morgan fingerprint density at radius 3 is 2.39 bits per heavy atom. The molecule has 4 rings (SSSR count). The Morgan fingerprint density at radius 2 is 1.71 bits per heavy atom. The van der Waals surface area contributed by atoms with E-state index in [1.54, 1.807) is 19.9 Å². The summed E-state index contributed by atoms with van der Waals surface area (Å²) >= 11 is 0. The molecule has 0 atom stereocenters. The van der Waals surface area contributed by atoms with Gasteiger partial charge in [-0.2, -0.15) is 5.26 Å². The summed E-state index contributed by atoms with van der Waals surface area (Å²) in [7, 11) is 0. The number of hydrogen-bond acceptors (Lipinski definition) is 5. The van der Waals surface area contributed by atoms with Gasteiger partial charge in [0.2, 0.25) is 5.88 Å². The number of nitrogens with zero attached hydrogens (tertiary/aromatic N) is 2. The molecule has 0 saturated carbocycles. The molecule has 7 heteroatoms. The predicted molar refractivity (Wildman–Crippen MR) is 114 cm³/mol. The van der Waals surface area contributed by atoms with E-state index in [2.05, 4.69) is 5.32 Å². The average Bonchev–Trinajstić information content (AvgIpc) is 3.14. The lowest BCUT2D eigenvalue weighted by Gasteiger charge is -2.16. The molecule has 1 aliphatic heterocycles. The summed E-state index contributed by atoms with van der Waals surface area (Å²) in [5.74, 6) is -0.863. The largest absolute Gasteiger partial charge is 0.444 e. The number of carbonyl (C=O) groups excluding carboxylic acids is 3. The molecule has 3 aromatic rings. The number of nitrogens with one attached hydrogen (secondary N) is 1. The number of hydrogen-bond donors (Lipinski definition) is 1. The van der Waals surface area contributed by atoms with E-state index in [4.69, 9.17) is 4.42 Å². The third kappa shape index (κ3) is 3.19. The van der Waals surface area contributed by atoms with Crippen LogP contribution in [0.4, 0.5) is 11.6 Å². The van der Waals surface area contributed by atoms with Gasteiger partial charge in [0.15, 0.2) is 0 Å². The third-order valence-corrected chi connectivity index (χ3v) is 5.47. The van der Waals surface area contributed by atoms with Crippen LogP contribution in [0.15, 0.2) is 40.8 Å². The lowest BCUT2D eigenvalue weighted by atomic mass is 10.1. The lowest BCUT2D eigenvalue weighted by molar-refractivity contribution is 0.0925. The quantitative estimate of drug-likeness (QED) is 0.640. The molecule has 0 spiro atoms. The Bertz CT molecular complexity index is 1330. The third-order valence-electron chi connectivity index (χ3n) is 5.47. The van der Waals surface area contributed by atoms with Crippen molar-refractivity contribution in [2.24, 2.45) is 0 Å². The van der Waals surface area contributed by atoms with Gasteiger partial charge in [0.05, 0.1) is 16.8 Å². The number of nitriles is 1. The van der Waals surface area contributed by atoms with Crippen LogP contribution in [0.25, 0.3) is 0 Å². The van der Waals surface area contributed by atoms with Gasteiger partial charge in [0.25, 0.3) is 17.7 Å². The van der Waals surface area contributed by atoms with Gasteiger partial charge in [-0.1, -0.05) is 17.7 Å². The van der Waals surface area contributed by atoms with Gasteiger partial charge in [-0.3, -0.25) is 19.7 Å². The number of anilines is 2. The number of amides is 3. The monoisotopic (exact) mass is 413 g/mol. The maximum absolute atomic E-state index is 13.0. The van der Waals surface area contributed by atoms with Crippen molar-refractivity contribution in [1.29, 1.82) is 5.26 Å². The van der Waals surface area contributed by atoms with Crippen molar-refractivity contribution in [3.63, 3.8) is 0 Å². The van der Waals surface area contributed by atoms with Crippen LogP contribution in [-0.4, -0.2) is 17.7 Å². The second-order valence-electron chi connectivity index (χ2n) is 7.55. The highest BCUT2D eigenvalue weighted by Crippen LogP contribution is 2.32. The molecule has 2 heterocycles. The van der Waals surface area contributed by atoms with E-state index in [-0.39, 0.29) is 28.1 Å². The Morgan fingerprint density at radius 1 is 1.00 bits per heavy atom. The molecule has 0 saturated heterocycles. The number of imide groups is 1. The molecule has 2 aromatic carbocycles. The normalized spacial score (nSPS) is 12.7. The van der Waals surface area contributed by atoms with Crippen molar-refractivity contribution in [3.05, 3.63) is 81.1 Å². The van der Waals surface area contributed by atoms with E-state index in [0.717, 1.165) is 16.0 Å². The van der Waals surface area contributed by atoms with Crippen LogP contribution in [0.2, 0.25) is 0 Å². The predicted octanol–water partition coefficient (Wildman–Crippen LogP) is 4.44. The standard InChI is InChI=1S/C24H19N3O4/c1-12-5-8-20(13(2)9-12)27-23(29)17-7-6-16(10-18(17)24(27)30)21(28)26-22-19(11-25)14(3)15(4)31-22/h5-10H,1-4H3,(H,26,28). The van der Waals surface area contributed by atoms with Gasteiger partial charge >= 0.3 is 0 Å². The first-order valence-corrected chi connectivity index (χ1v) is 9.64. The summed E-state index contributed by atoms with van der Waals surface area (Å²) in [6.45, 7) is 7.20. The lowest BCUT2D eigenvalue weighted by Crippen LogP contribution is -2.30. The highest BCUT2D eigenvalue weighted by Gasteiger charge is 2.37. The summed E-state index contributed by atoms with van der Waals surface area (Å²) in [5.41, 5.74) is 3.82. The van der Waals surface area contributed by atoms with E-state index in [9.17, 15) is 19.6 Å². The van der Waals surface area contributed by atoms with Crippen LogP contribution in [-0.2, 0) is 0 Å². The molecule has 1 aromatic heterocycles. The number of benzene rings is 2. The molecule has 0 bridgehead atoms. The zero-order chi connectivity index (χ0) is 22.4. The SMILES string of the molecule is Cc1ccc(N2C(=O)c3ccc(C(=O)Nc4oc(C)c(C)c4C#N)cc3C2=O)c(C)c1. The van der Waals surface area contributed by atoms with E-state index in [1.165, 1.54) is 18.2 Å². The minimum Gasteiger partial charge on any atom is -0.444 e. The van der Waals surface area contributed by atoms with E-state index in [0.29, 0.717) is 17.0 Å². The molecule has 1 aliphatic rings. The van der Waals surface area contributed by atoms with Crippen LogP contribution < -0.4 is 10.2 Å². The molecule has 154 valence electrons. The van der Waals surface area contributed by atoms with Crippen molar-refractivity contribution in [1.82, 2.24) is 0 Å². The molecule has 3 amide bonds. The highest BCUT2D eigenvalue weighted by atomic mass is 16.4. The zero-order valence-corrected chi connectivity index (χ0v) is 17.5. The van der Waals surface area contributed by atoms with Crippen LogP contribution in [0.1, 0.15) is 59.1 Å². The summed E-state index contributed by atoms with van der Waals surface area (Å²) < 4.78 is 5.47. The maximum Gasteiger partial charge on any atom is 0.266 e. The Balaban J connectivity index is 1.67. The van der Waals surface area contributed by atoms with E-state index in [1.807, 2.05) is 32.0 Å². The molecule has 31 heavy (non-hydrogen) atoms. The number of fused-ring (bicyclic) bond motifs is 1. The van der Waals surface area contributed by atoms with Gasteiger partial charge in [0.1, 0.15) is 17.4 Å². The van der Waals surface area contributed by atoms with Crippen molar-refractivity contribution >= 4 is 29.3 Å². The number of aryl methyl sites for hydroxylation is 3. The average molecular weight is 413 g/mol. The first-order valence-electron chi connectivity index (χ1n) is 9.64. The van der Waals surface area contributed by atoms with E-state index >= 15 is 0 Å². The number of rotatable bonds is 3. The maximum atomic E-state index is 13.0.